The van der Waals surface area contributed by atoms with Crippen molar-refractivity contribution in [1.82, 2.24) is 4.90 Å². The molecule has 1 aromatic rings. The van der Waals surface area contributed by atoms with Gasteiger partial charge in [0, 0.05) is 13.1 Å². The van der Waals surface area contributed by atoms with Gasteiger partial charge in [0.2, 0.25) is 0 Å². The molecule has 1 heterocycles. The lowest BCUT2D eigenvalue weighted by molar-refractivity contribution is -0.384. The number of nitrogens with zero attached hydrogens (tertiary/aromatic N) is 2. The number of piperidine rings is 1. The molecule has 1 saturated heterocycles. The molecule has 20 heavy (non-hydrogen) atoms. The Morgan fingerprint density at radius 3 is 2.60 bits per heavy atom. The van der Waals surface area contributed by atoms with Crippen LogP contribution in [0, 0.1) is 15.9 Å². The number of likely N-dealkylation sites (tertiary alicyclic amines) is 1. The van der Waals surface area contributed by atoms with E-state index in [9.17, 15) is 24.4 Å². The molecule has 1 aliphatic rings. The van der Waals surface area contributed by atoms with Crippen LogP contribution in [0.25, 0.3) is 0 Å². The molecule has 3 N–H and O–H groups in total. The summed E-state index contributed by atoms with van der Waals surface area (Å²) in [6.07, 6.45) is 0.379. The number of aliphatic hydroxyl groups is 1. The van der Waals surface area contributed by atoms with Crippen LogP contribution in [0.2, 0.25) is 0 Å². The predicted octanol–water partition coefficient (Wildman–Crippen LogP) is 0.913. The van der Waals surface area contributed by atoms with Gasteiger partial charge in [0.25, 0.3) is 11.6 Å². The first kappa shape index (κ1) is 14.2. The second kappa shape index (κ2) is 5.41. The monoisotopic (exact) mass is 283 g/mol. The maximum absolute atomic E-state index is 13.4. The van der Waals surface area contributed by atoms with Gasteiger partial charge in [-0.2, -0.15) is 0 Å². The lowest BCUT2D eigenvalue weighted by Crippen LogP contribution is -2.40. The van der Waals surface area contributed by atoms with Crippen molar-refractivity contribution in [3.8, 4) is 0 Å². The average Bonchev–Trinajstić information content (AvgIpc) is 2.41. The summed E-state index contributed by atoms with van der Waals surface area (Å²) >= 11 is 0. The Balaban J connectivity index is 2.32. The summed E-state index contributed by atoms with van der Waals surface area (Å²) in [6, 6.07) is 1.59. The third-order valence-electron chi connectivity index (χ3n) is 3.30. The zero-order chi connectivity index (χ0) is 14.9. The molecule has 0 aliphatic carbocycles. The highest BCUT2D eigenvalue weighted by Crippen LogP contribution is 2.28. The van der Waals surface area contributed by atoms with Crippen molar-refractivity contribution in [3.63, 3.8) is 0 Å². The molecule has 8 heteroatoms. The Morgan fingerprint density at radius 1 is 1.45 bits per heavy atom. The lowest BCUT2D eigenvalue weighted by atomic mass is 10.0. The van der Waals surface area contributed by atoms with E-state index in [1.165, 1.54) is 4.90 Å². The first-order valence-corrected chi connectivity index (χ1v) is 6.11. The smallest absolute Gasteiger partial charge is 0.295 e. The lowest BCUT2D eigenvalue weighted by Gasteiger charge is -2.29. The standard InChI is InChI=1S/C12H14FN3O4/c13-7-5-9(11(14)10(6-7)16(19)20)12(18)15-3-1-8(17)2-4-15/h5-6,8,17H,1-4,14H2. The molecule has 0 saturated carbocycles. The average molecular weight is 283 g/mol. The Bertz CT molecular complexity index is 556. The van der Waals surface area contributed by atoms with Crippen molar-refractivity contribution in [1.29, 1.82) is 0 Å². The number of carbonyl (C=O) groups excluding carboxylic acids is 1. The minimum atomic E-state index is -0.883. The van der Waals surface area contributed by atoms with Crippen LogP contribution in [-0.4, -0.2) is 40.0 Å². The number of anilines is 1. The van der Waals surface area contributed by atoms with E-state index in [0.29, 0.717) is 32.0 Å². The van der Waals surface area contributed by atoms with E-state index in [-0.39, 0.29) is 11.3 Å². The van der Waals surface area contributed by atoms with E-state index in [1.54, 1.807) is 0 Å². The highest BCUT2D eigenvalue weighted by atomic mass is 19.1. The molecule has 1 fully saturated rings. The molecular weight excluding hydrogens is 269 g/mol. The highest BCUT2D eigenvalue weighted by Gasteiger charge is 2.27. The van der Waals surface area contributed by atoms with Gasteiger partial charge >= 0.3 is 0 Å². The van der Waals surface area contributed by atoms with Crippen LogP contribution in [0.1, 0.15) is 23.2 Å². The number of benzene rings is 1. The van der Waals surface area contributed by atoms with Crippen LogP contribution in [0.4, 0.5) is 15.8 Å². The van der Waals surface area contributed by atoms with Crippen molar-refractivity contribution in [2.45, 2.75) is 18.9 Å². The molecular formula is C12H14FN3O4. The highest BCUT2D eigenvalue weighted by molar-refractivity contribution is 6.01. The Morgan fingerprint density at radius 2 is 2.05 bits per heavy atom. The maximum atomic E-state index is 13.4. The van der Waals surface area contributed by atoms with Gasteiger partial charge in [0.05, 0.1) is 22.7 Å². The van der Waals surface area contributed by atoms with Crippen molar-refractivity contribution in [2.24, 2.45) is 0 Å². The van der Waals surface area contributed by atoms with Gasteiger partial charge in [-0.05, 0) is 18.9 Å². The molecule has 0 unspecified atom stereocenters. The quantitative estimate of drug-likeness (QED) is 0.476. The fourth-order valence-electron chi connectivity index (χ4n) is 2.17. The minimum absolute atomic E-state index is 0.215. The van der Waals surface area contributed by atoms with E-state index in [0.717, 1.165) is 6.07 Å². The van der Waals surface area contributed by atoms with Crippen LogP contribution in [0.15, 0.2) is 12.1 Å². The maximum Gasteiger partial charge on any atom is 0.295 e. The number of aliphatic hydroxyl groups excluding tert-OH is 1. The van der Waals surface area contributed by atoms with Gasteiger partial charge in [0.15, 0.2) is 0 Å². The fourth-order valence-corrected chi connectivity index (χ4v) is 2.17. The van der Waals surface area contributed by atoms with Gasteiger partial charge in [-0.15, -0.1) is 0 Å². The third kappa shape index (κ3) is 2.69. The molecule has 0 radical (unpaired) electrons. The van der Waals surface area contributed by atoms with Crippen molar-refractivity contribution in [3.05, 3.63) is 33.6 Å². The number of carbonyl (C=O) groups is 1. The van der Waals surface area contributed by atoms with Gasteiger partial charge in [-0.25, -0.2) is 4.39 Å². The number of nitrogen functional groups attached to an aromatic ring is 1. The van der Waals surface area contributed by atoms with Crippen molar-refractivity contribution >= 4 is 17.3 Å². The van der Waals surface area contributed by atoms with Crippen LogP contribution in [0.3, 0.4) is 0 Å². The number of rotatable bonds is 2. The van der Waals surface area contributed by atoms with E-state index < -0.39 is 28.4 Å². The number of halogens is 1. The number of amides is 1. The predicted molar refractivity (Wildman–Crippen MR) is 68.6 cm³/mol. The van der Waals surface area contributed by atoms with Crippen LogP contribution >= 0.6 is 0 Å². The normalized spacial score (nSPS) is 16.2. The summed E-state index contributed by atoms with van der Waals surface area (Å²) in [5, 5.41) is 20.2. The van der Waals surface area contributed by atoms with Crippen molar-refractivity contribution < 1.29 is 19.2 Å². The molecule has 0 bridgehead atoms. The van der Waals surface area contributed by atoms with E-state index in [4.69, 9.17) is 5.73 Å². The Kier molecular flexibility index (Phi) is 3.84. The second-order valence-corrected chi connectivity index (χ2v) is 4.67. The number of nitro groups is 1. The molecule has 7 nitrogen and oxygen atoms in total. The minimum Gasteiger partial charge on any atom is -0.393 e. The topological polar surface area (TPSA) is 110 Å². The van der Waals surface area contributed by atoms with Gasteiger partial charge < -0.3 is 15.7 Å². The molecule has 1 aromatic carbocycles. The van der Waals surface area contributed by atoms with Crippen molar-refractivity contribution in [2.75, 3.05) is 18.8 Å². The molecule has 0 atom stereocenters. The molecule has 0 aromatic heterocycles. The summed E-state index contributed by atoms with van der Waals surface area (Å²) in [5.74, 6) is -1.44. The first-order chi connectivity index (χ1) is 9.40. The van der Waals surface area contributed by atoms with Gasteiger partial charge in [0.1, 0.15) is 11.5 Å². The van der Waals surface area contributed by atoms with E-state index >= 15 is 0 Å². The summed E-state index contributed by atoms with van der Waals surface area (Å²) in [7, 11) is 0. The summed E-state index contributed by atoms with van der Waals surface area (Å²) in [5.41, 5.74) is 4.41. The molecule has 0 spiro atoms. The Labute approximate surface area is 113 Å². The largest absolute Gasteiger partial charge is 0.393 e. The summed E-state index contributed by atoms with van der Waals surface area (Å²) in [4.78, 5) is 23.6. The van der Waals surface area contributed by atoms with Crippen LogP contribution < -0.4 is 5.73 Å². The number of nitrogens with two attached hydrogens (primary N) is 1. The number of hydrogen-bond acceptors (Lipinski definition) is 5. The Hall–Kier alpha value is -2.22. The fraction of sp³-hybridized carbons (Fsp3) is 0.417. The van der Waals surface area contributed by atoms with Gasteiger partial charge in [-0.3, -0.25) is 14.9 Å². The van der Waals surface area contributed by atoms with Crippen LogP contribution in [-0.2, 0) is 0 Å². The number of hydrogen-bond donors (Lipinski definition) is 2. The molecule has 1 aliphatic heterocycles. The SMILES string of the molecule is Nc1c(C(=O)N2CCC(O)CC2)cc(F)cc1[N+](=O)[O-]. The molecule has 1 amide bonds. The third-order valence-corrected chi connectivity index (χ3v) is 3.30. The molecule has 108 valence electrons. The zero-order valence-electron chi connectivity index (χ0n) is 10.6. The zero-order valence-corrected chi connectivity index (χ0v) is 10.6. The summed E-state index contributed by atoms with van der Waals surface area (Å²) < 4.78 is 13.4. The van der Waals surface area contributed by atoms with Crippen LogP contribution in [0.5, 0.6) is 0 Å². The second-order valence-electron chi connectivity index (χ2n) is 4.67. The van der Waals surface area contributed by atoms with Gasteiger partial charge in [-0.1, -0.05) is 0 Å². The first-order valence-electron chi connectivity index (χ1n) is 6.11. The van der Waals surface area contributed by atoms with E-state index in [1.807, 2.05) is 0 Å². The number of nitro benzene ring substituents is 1. The summed E-state index contributed by atoms with van der Waals surface area (Å²) in [6.45, 7) is 0.619. The van der Waals surface area contributed by atoms with E-state index in [2.05, 4.69) is 0 Å². The molecule has 2 rings (SSSR count).